The highest BCUT2D eigenvalue weighted by Gasteiger charge is 2.34. The highest BCUT2D eigenvalue weighted by molar-refractivity contribution is 5.96. The smallest absolute Gasteiger partial charge is 0.248 e. The number of phenolic OH excluding ortho intramolecular Hbond substituents is 2. The van der Waals surface area contributed by atoms with Gasteiger partial charge in [-0.05, 0) is 88.8 Å². The van der Waals surface area contributed by atoms with Crippen LogP contribution in [0.1, 0.15) is 161 Å². The number of nitrogens with one attached hydrogen (secondary N) is 4. The minimum atomic E-state index is -1.45. The topological polar surface area (TPSA) is 272 Å². The fourth-order valence-electron chi connectivity index (χ4n) is 9.17. The van der Waals surface area contributed by atoms with Crippen LogP contribution in [0.3, 0.4) is 0 Å². The molecule has 19 nitrogen and oxygen atoms in total. The first-order valence-corrected chi connectivity index (χ1v) is 26.9. The Morgan fingerprint density at radius 1 is 0.653 bits per heavy atom. The number of aromatic hydroxyl groups is 2. The molecule has 75 heavy (non-hydrogen) atoms. The van der Waals surface area contributed by atoms with E-state index in [1.807, 2.05) is 0 Å². The molecule has 1 aliphatic heterocycles. The highest BCUT2D eigenvalue weighted by atomic mass is 16.3. The quantitative estimate of drug-likeness (QED) is 0.0458. The molecule has 0 aliphatic carbocycles. The molecule has 1 aliphatic rings. The molecular weight excluding hydrogens is 963 g/mol. The number of hydrogen-bond acceptors (Lipinski definition) is 12. The summed E-state index contributed by atoms with van der Waals surface area (Å²) in [4.78, 5) is 121. The minimum absolute atomic E-state index is 0.0597. The van der Waals surface area contributed by atoms with Gasteiger partial charge in [-0.15, -0.1) is 0 Å². The Hall–Kier alpha value is -6.37. The second-order valence-electron chi connectivity index (χ2n) is 20.2. The first-order chi connectivity index (χ1) is 35.6. The number of likely N-dealkylation sites (N-methyl/N-ethyl adjacent to an activating group) is 2. The van der Waals surface area contributed by atoms with Crippen LogP contribution in [0, 0.1) is 5.92 Å². The minimum Gasteiger partial charge on any atom is -0.507 e. The molecule has 0 radical (unpaired) electrons. The number of benzene rings is 2. The zero-order valence-corrected chi connectivity index (χ0v) is 45.6. The predicted octanol–water partition coefficient (Wildman–Crippen LogP) is 5.15. The molecule has 0 aromatic heterocycles. The SMILES string of the molecule is CCCCCCCCCCCCCCCC(=O)N(C)[C@H](CO)C(=O)N[C@H](C)C(=O)NCC(=O)N(C)[C@H](C(=O)N[C@@H](C)C(C)=O)c1ccc(O)c(-c2cc(C[C@H](C)C(=O)NCC(=O)N3CCCC3C(C)=O)ccc2O)c1. The zero-order chi connectivity index (χ0) is 55.8. The Kier molecular flexibility index (Phi) is 27.0. The number of carbonyl (C=O) groups is 9. The molecule has 2 aromatic carbocycles. The average Bonchev–Trinajstić information content (AvgIpc) is 3.88. The van der Waals surface area contributed by atoms with Crippen LogP contribution in [0.2, 0.25) is 0 Å². The lowest BCUT2D eigenvalue weighted by atomic mass is 9.93. The van der Waals surface area contributed by atoms with Crippen molar-refractivity contribution in [1.29, 1.82) is 0 Å². The van der Waals surface area contributed by atoms with Gasteiger partial charge in [0.1, 0.15) is 29.6 Å². The molecule has 0 saturated carbocycles. The maximum atomic E-state index is 14.0. The van der Waals surface area contributed by atoms with E-state index in [9.17, 15) is 58.5 Å². The number of rotatable bonds is 33. The van der Waals surface area contributed by atoms with Crippen molar-refractivity contribution in [3.63, 3.8) is 0 Å². The van der Waals surface area contributed by atoms with E-state index in [1.54, 1.807) is 19.1 Å². The van der Waals surface area contributed by atoms with Crippen LogP contribution >= 0.6 is 0 Å². The van der Waals surface area contributed by atoms with Gasteiger partial charge in [-0.2, -0.15) is 0 Å². The third-order valence-corrected chi connectivity index (χ3v) is 14.1. The van der Waals surface area contributed by atoms with E-state index in [0.717, 1.165) is 24.2 Å². The van der Waals surface area contributed by atoms with Crippen LogP contribution in [-0.2, 0) is 49.6 Å². The third kappa shape index (κ3) is 20.0. The predicted molar refractivity (Wildman–Crippen MR) is 285 cm³/mol. The number of aliphatic hydroxyl groups excluding tert-OH is 1. The molecule has 1 fully saturated rings. The van der Waals surface area contributed by atoms with Gasteiger partial charge in [0.15, 0.2) is 11.6 Å². The molecular formula is C56H85N7O12. The molecule has 19 heteroatoms. The lowest BCUT2D eigenvalue weighted by molar-refractivity contribution is -0.142. The van der Waals surface area contributed by atoms with Crippen molar-refractivity contribution in [2.75, 3.05) is 40.3 Å². The van der Waals surface area contributed by atoms with Crippen LogP contribution in [0.15, 0.2) is 36.4 Å². The molecule has 2 aromatic rings. The van der Waals surface area contributed by atoms with Crippen molar-refractivity contribution in [1.82, 2.24) is 36.0 Å². The Morgan fingerprint density at radius 2 is 1.20 bits per heavy atom. The Bertz CT molecular complexity index is 2270. The molecule has 1 unspecified atom stereocenters. The Balaban J connectivity index is 1.64. The maximum Gasteiger partial charge on any atom is 0.248 e. The summed E-state index contributed by atoms with van der Waals surface area (Å²) in [5, 5.41) is 42.5. The summed E-state index contributed by atoms with van der Waals surface area (Å²) in [7, 11) is 2.72. The number of ketones is 2. The summed E-state index contributed by atoms with van der Waals surface area (Å²) in [5.74, 6) is -5.87. The number of amides is 7. The van der Waals surface area contributed by atoms with Crippen molar-refractivity contribution in [2.24, 2.45) is 5.92 Å². The van der Waals surface area contributed by atoms with Crippen molar-refractivity contribution in [2.45, 2.75) is 181 Å². The largest absolute Gasteiger partial charge is 0.507 e. The lowest BCUT2D eigenvalue weighted by Gasteiger charge is -2.29. The second-order valence-corrected chi connectivity index (χ2v) is 20.2. The number of hydrogen-bond donors (Lipinski definition) is 7. The summed E-state index contributed by atoms with van der Waals surface area (Å²) < 4.78 is 0. The fraction of sp³-hybridized carbons (Fsp3) is 0.625. The molecule has 1 saturated heterocycles. The van der Waals surface area contributed by atoms with Gasteiger partial charge in [0.25, 0.3) is 0 Å². The van der Waals surface area contributed by atoms with Crippen LogP contribution in [-0.4, -0.2) is 147 Å². The number of phenols is 2. The van der Waals surface area contributed by atoms with Crippen molar-refractivity contribution < 1.29 is 58.5 Å². The van der Waals surface area contributed by atoms with Crippen LogP contribution in [0.25, 0.3) is 11.1 Å². The number of Topliss-reactive ketones (excluding diaryl/α,β-unsaturated/α-hetero) is 2. The summed E-state index contributed by atoms with van der Waals surface area (Å²) >= 11 is 0. The normalized spacial score (nSPS) is 15.2. The van der Waals surface area contributed by atoms with Gasteiger partial charge < -0.3 is 51.3 Å². The lowest BCUT2D eigenvalue weighted by Crippen LogP contribution is -2.55. The van der Waals surface area contributed by atoms with Crippen LogP contribution in [0.4, 0.5) is 0 Å². The van der Waals surface area contributed by atoms with E-state index in [-0.39, 0.29) is 71.0 Å². The van der Waals surface area contributed by atoms with Gasteiger partial charge in [-0.3, -0.25) is 43.2 Å². The van der Waals surface area contributed by atoms with E-state index in [0.29, 0.717) is 31.4 Å². The van der Waals surface area contributed by atoms with Gasteiger partial charge in [0.2, 0.25) is 41.4 Å². The third-order valence-electron chi connectivity index (χ3n) is 14.1. The van der Waals surface area contributed by atoms with Crippen LogP contribution < -0.4 is 21.3 Å². The summed E-state index contributed by atoms with van der Waals surface area (Å²) in [6.45, 7) is 8.26. The second kappa shape index (κ2) is 32.2. The first-order valence-electron chi connectivity index (χ1n) is 26.9. The summed E-state index contributed by atoms with van der Waals surface area (Å²) in [6.07, 6.45) is 16.7. The van der Waals surface area contributed by atoms with Crippen molar-refractivity contribution in [3.05, 3.63) is 47.5 Å². The van der Waals surface area contributed by atoms with Crippen molar-refractivity contribution in [3.8, 4) is 22.6 Å². The molecule has 0 spiro atoms. The summed E-state index contributed by atoms with van der Waals surface area (Å²) in [5.41, 5.74) is 0.906. The Morgan fingerprint density at radius 3 is 1.77 bits per heavy atom. The van der Waals surface area contributed by atoms with E-state index in [4.69, 9.17) is 0 Å². The monoisotopic (exact) mass is 1050 g/mol. The first kappa shape index (κ1) is 62.9. The van der Waals surface area contributed by atoms with Gasteiger partial charge >= 0.3 is 0 Å². The average molecular weight is 1050 g/mol. The Labute approximate surface area is 443 Å². The molecule has 416 valence electrons. The molecule has 6 atom stereocenters. The molecule has 0 bridgehead atoms. The van der Waals surface area contributed by atoms with Crippen molar-refractivity contribution >= 4 is 52.9 Å². The van der Waals surface area contributed by atoms with E-state index >= 15 is 0 Å². The number of carbonyl (C=O) groups excluding carboxylic acids is 9. The van der Waals surface area contributed by atoms with Crippen LogP contribution in [0.5, 0.6) is 11.5 Å². The van der Waals surface area contributed by atoms with E-state index in [2.05, 4.69) is 28.2 Å². The van der Waals surface area contributed by atoms with E-state index < -0.39 is 78.8 Å². The van der Waals surface area contributed by atoms with Gasteiger partial charge in [0, 0.05) is 44.1 Å². The molecule has 1 heterocycles. The van der Waals surface area contributed by atoms with E-state index in [1.165, 1.54) is 134 Å². The fourth-order valence-corrected chi connectivity index (χ4v) is 9.17. The summed E-state index contributed by atoms with van der Waals surface area (Å²) in [6, 6.07) is 3.19. The molecule has 3 rings (SSSR count). The zero-order valence-electron chi connectivity index (χ0n) is 45.6. The number of aliphatic hydroxyl groups is 1. The standard InChI is InChI=1S/C56H85N7O12/c1-9-10-11-12-13-14-15-16-17-18-19-20-21-24-49(69)61(7)46(35-64)55(74)60-38(4)54(73)58-33-50(70)62(8)52(56(75)59-37(3)39(5)65)42-26-28-48(68)44(32-42)43-31-41(25-27-47(43)67)30-36(2)53(72)57-34-51(71)63-29-22-23-45(63)40(6)66/h25-28,31-32,36-38,45-46,52,64,67-68H,9-24,29-30,33-35H2,1-8H3,(H,57,72)(H,58,73)(H,59,75)(H,60,74)/t36-,37-,38+,45?,46+,52-/m0/s1. The van der Waals surface area contributed by atoms with Gasteiger partial charge in [-0.25, -0.2) is 0 Å². The number of unbranched alkanes of at least 4 members (excludes halogenated alkanes) is 12. The number of likely N-dealkylation sites (tertiary alicyclic amines) is 1. The van der Waals surface area contributed by atoms with Gasteiger partial charge in [-0.1, -0.05) is 103 Å². The highest BCUT2D eigenvalue weighted by Crippen LogP contribution is 2.39. The van der Waals surface area contributed by atoms with Gasteiger partial charge in [0.05, 0.1) is 31.8 Å². The number of nitrogens with zero attached hydrogens (tertiary/aromatic N) is 3. The molecule has 7 N–H and O–H groups in total. The maximum absolute atomic E-state index is 14.0. The molecule has 7 amide bonds.